The Morgan fingerprint density at radius 2 is 2.09 bits per heavy atom. The molecule has 1 aliphatic carbocycles. The van der Waals surface area contributed by atoms with Gasteiger partial charge in [0.15, 0.2) is 5.13 Å². The number of carbonyl (C=O) groups excluding carboxylic acids is 1. The average molecular weight is 350 g/mol. The topological polar surface area (TPSA) is 45.2 Å². The lowest BCUT2D eigenvalue weighted by molar-refractivity contribution is 0.208. The van der Waals surface area contributed by atoms with E-state index in [1.165, 1.54) is 17.7 Å². The molecule has 1 aromatic carbocycles. The predicted molar refractivity (Wildman–Crippen MR) is 95.4 cm³/mol. The van der Waals surface area contributed by atoms with Gasteiger partial charge in [0.25, 0.3) is 0 Å². The quantitative estimate of drug-likeness (QED) is 0.856. The number of thiazole rings is 1. The second-order valence-corrected chi connectivity index (χ2v) is 7.33. The van der Waals surface area contributed by atoms with Crippen LogP contribution in [0.25, 0.3) is 0 Å². The molecule has 0 spiro atoms. The molecule has 1 aliphatic rings. The Morgan fingerprint density at radius 3 is 2.83 bits per heavy atom. The molecule has 0 saturated carbocycles. The third-order valence-corrected chi connectivity index (χ3v) is 5.73. The van der Waals surface area contributed by atoms with E-state index in [0.29, 0.717) is 10.2 Å². The number of hydrogen-bond donors (Lipinski definition) is 1. The molecule has 0 radical (unpaired) electrons. The number of nitrogens with zero attached hydrogens (tertiary/aromatic N) is 2. The SMILES string of the molecule is CC(c1ccccc1Cl)N(C)C(=O)Nc1nc2c(s1)CCCC2. The number of fused-ring (bicyclic) bond motifs is 1. The maximum atomic E-state index is 12.5. The molecule has 2 aromatic rings. The van der Waals surface area contributed by atoms with Crippen LogP contribution >= 0.6 is 22.9 Å². The summed E-state index contributed by atoms with van der Waals surface area (Å²) in [5.74, 6) is 0. The largest absolute Gasteiger partial charge is 0.323 e. The van der Waals surface area contributed by atoms with Gasteiger partial charge in [-0.2, -0.15) is 0 Å². The fourth-order valence-electron chi connectivity index (χ4n) is 2.78. The Bertz CT molecular complexity index is 692. The number of hydrogen-bond acceptors (Lipinski definition) is 3. The Morgan fingerprint density at radius 1 is 1.35 bits per heavy atom. The van der Waals surface area contributed by atoms with Gasteiger partial charge in [-0.15, -0.1) is 11.3 Å². The van der Waals surface area contributed by atoms with Gasteiger partial charge >= 0.3 is 6.03 Å². The molecule has 1 atom stereocenters. The van der Waals surface area contributed by atoms with Crippen molar-refractivity contribution in [1.29, 1.82) is 0 Å². The molecule has 0 aliphatic heterocycles. The van der Waals surface area contributed by atoms with E-state index >= 15 is 0 Å². The van der Waals surface area contributed by atoms with E-state index in [1.54, 1.807) is 23.3 Å². The molecule has 6 heteroatoms. The normalized spacial score (nSPS) is 14.9. The minimum Gasteiger partial charge on any atom is -0.321 e. The van der Waals surface area contributed by atoms with E-state index in [-0.39, 0.29) is 12.1 Å². The van der Waals surface area contributed by atoms with E-state index in [1.807, 2.05) is 31.2 Å². The van der Waals surface area contributed by atoms with Gasteiger partial charge in [-0.3, -0.25) is 5.32 Å². The molecule has 1 N–H and O–H groups in total. The zero-order chi connectivity index (χ0) is 16.4. The summed E-state index contributed by atoms with van der Waals surface area (Å²) in [5.41, 5.74) is 2.09. The van der Waals surface area contributed by atoms with Gasteiger partial charge in [-0.25, -0.2) is 9.78 Å². The Labute approximate surface area is 145 Å². The number of urea groups is 1. The zero-order valence-corrected chi connectivity index (χ0v) is 14.9. The first kappa shape index (κ1) is 16.3. The van der Waals surface area contributed by atoms with Crippen molar-refractivity contribution >= 4 is 34.1 Å². The average Bonchev–Trinajstić information content (AvgIpc) is 2.96. The summed E-state index contributed by atoms with van der Waals surface area (Å²) in [6.07, 6.45) is 4.50. The number of amides is 2. The van der Waals surface area contributed by atoms with E-state index < -0.39 is 0 Å². The van der Waals surface area contributed by atoms with Gasteiger partial charge in [0, 0.05) is 16.9 Å². The van der Waals surface area contributed by atoms with Crippen LogP contribution in [0.15, 0.2) is 24.3 Å². The van der Waals surface area contributed by atoms with Crippen LogP contribution in [0, 0.1) is 0 Å². The van der Waals surface area contributed by atoms with Crippen LogP contribution in [0.4, 0.5) is 9.93 Å². The number of rotatable bonds is 3. The maximum Gasteiger partial charge on any atom is 0.323 e. The molecular formula is C17H20ClN3OS. The fraction of sp³-hybridized carbons (Fsp3) is 0.412. The maximum absolute atomic E-state index is 12.5. The molecule has 3 rings (SSSR count). The molecular weight excluding hydrogens is 330 g/mol. The van der Waals surface area contributed by atoms with E-state index in [9.17, 15) is 4.79 Å². The summed E-state index contributed by atoms with van der Waals surface area (Å²) < 4.78 is 0. The molecule has 1 heterocycles. The number of nitrogens with one attached hydrogen (secondary N) is 1. The molecule has 23 heavy (non-hydrogen) atoms. The van der Waals surface area contributed by atoms with Gasteiger partial charge in [0.1, 0.15) is 0 Å². The van der Waals surface area contributed by atoms with Gasteiger partial charge < -0.3 is 4.90 Å². The highest BCUT2D eigenvalue weighted by Gasteiger charge is 2.21. The first-order chi connectivity index (χ1) is 11.1. The van der Waals surface area contributed by atoms with Gasteiger partial charge in [-0.1, -0.05) is 29.8 Å². The molecule has 0 saturated heterocycles. The molecule has 4 nitrogen and oxygen atoms in total. The summed E-state index contributed by atoms with van der Waals surface area (Å²) in [5, 5.41) is 4.29. The lowest BCUT2D eigenvalue weighted by atomic mass is 10.0. The van der Waals surface area contributed by atoms with Crippen molar-refractivity contribution in [3.8, 4) is 0 Å². The Hall–Kier alpha value is -1.59. The Kier molecular flexibility index (Phi) is 4.87. The van der Waals surface area contributed by atoms with Crippen molar-refractivity contribution in [1.82, 2.24) is 9.88 Å². The highest BCUT2D eigenvalue weighted by molar-refractivity contribution is 7.15. The summed E-state index contributed by atoms with van der Waals surface area (Å²) in [6.45, 7) is 1.97. The minimum atomic E-state index is -0.163. The summed E-state index contributed by atoms with van der Waals surface area (Å²) >= 11 is 7.82. The van der Waals surface area contributed by atoms with Crippen LogP contribution in [0.3, 0.4) is 0 Å². The van der Waals surface area contributed by atoms with Crippen LogP contribution in [0.1, 0.15) is 41.9 Å². The van der Waals surface area contributed by atoms with Gasteiger partial charge in [0.2, 0.25) is 0 Å². The standard InChI is InChI=1S/C17H20ClN3OS/c1-11(12-7-3-4-8-13(12)18)21(2)17(22)20-16-19-14-9-5-6-10-15(14)23-16/h3-4,7-8,11H,5-6,9-10H2,1-2H3,(H,19,20,22). The smallest absolute Gasteiger partial charge is 0.321 e. The fourth-order valence-corrected chi connectivity index (χ4v) is 4.12. The second-order valence-electron chi connectivity index (χ2n) is 5.83. The monoisotopic (exact) mass is 349 g/mol. The molecule has 1 aromatic heterocycles. The van der Waals surface area contributed by atoms with Gasteiger partial charge in [0.05, 0.1) is 11.7 Å². The number of benzene rings is 1. The minimum absolute atomic E-state index is 0.113. The van der Waals surface area contributed by atoms with Crippen LogP contribution < -0.4 is 5.32 Å². The molecule has 122 valence electrons. The second kappa shape index (κ2) is 6.89. The summed E-state index contributed by atoms with van der Waals surface area (Å²) in [7, 11) is 1.77. The number of anilines is 1. The third-order valence-electron chi connectivity index (χ3n) is 4.32. The predicted octanol–water partition coefficient (Wildman–Crippen LogP) is 4.90. The number of aryl methyl sites for hydroxylation is 2. The third kappa shape index (κ3) is 3.51. The molecule has 2 amide bonds. The van der Waals surface area contributed by atoms with E-state index in [4.69, 9.17) is 11.6 Å². The van der Waals surface area contributed by atoms with Crippen LogP contribution in [0.5, 0.6) is 0 Å². The van der Waals surface area contributed by atoms with Crippen molar-refractivity contribution in [2.24, 2.45) is 0 Å². The van der Waals surface area contributed by atoms with Crippen LogP contribution in [-0.4, -0.2) is 23.0 Å². The van der Waals surface area contributed by atoms with Crippen molar-refractivity contribution < 1.29 is 4.79 Å². The summed E-state index contributed by atoms with van der Waals surface area (Å²) in [4.78, 5) is 20.0. The van der Waals surface area contributed by atoms with Crippen LogP contribution in [0.2, 0.25) is 5.02 Å². The Balaban J connectivity index is 1.70. The van der Waals surface area contributed by atoms with Gasteiger partial charge in [-0.05, 0) is 44.2 Å². The van der Waals surface area contributed by atoms with Crippen molar-refractivity contribution in [2.45, 2.75) is 38.6 Å². The zero-order valence-electron chi connectivity index (χ0n) is 13.3. The number of carbonyl (C=O) groups is 1. The lowest BCUT2D eigenvalue weighted by Gasteiger charge is -2.25. The molecule has 1 unspecified atom stereocenters. The van der Waals surface area contributed by atoms with Crippen LogP contribution in [-0.2, 0) is 12.8 Å². The van der Waals surface area contributed by atoms with E-state index in [2.05, 4.69) is 10.3 Å². The molecule has 0 fully saturated rings. The van der Waals surface area contributed by atoms with E-state index in [0.717, 1.165) is 24.1 Å². The lowest BCUT2D eigenvalue weighted by Crippen LogP contribution is -2.33. The highest BCUT2D eigenvalue weighted by Crippen LogP contribution is 2.31. The van der Waals surface area contributed by atoms with Crippen molar-refractivity contribution in [3.63, 3.8) is 0 Å². The summed E-state index contributed by atoms with van der Waals surface area (Å²) in [6, 6.07) is 7.33. The first-order valence-corrected chi connectivity index (χ1v) is 9.02. The number of halogens is 1. The number of aromatic nitrogens is 1. The first-order valence-electron chi connectivity index (χ1n) is 7.83. The highest BCUT2D eigenvalue weighted by atomic mass is 35.5. The van der Waals surface area contributed by atoms with Crippen molar-refractivity contribution in [3.05, 3.63) is 45.4 Å². The van der Waals surface area contributed by atoms with Crippen molar-refractivity contribution in [2.75, 3.05) is 12.4 Å². The molecule has 0 bridgehead atoms.